The Morgan fingerprint density at radius 3 is 1.74 bits per heavy atom. The van der Waals surface area contributed by atoms with Crippen LogP contribution in [0.4, 0.5) is 0 Å². The minimum absolute atomic E-state index is 0.0671. The summed E-state index contributed by atoms with van der Waals surface area (Å²) in [6, 6.07) is 0. The van der Waals surface area contributed by atoms with E-state index in [9.17, 15) is 50.4 Å². The number of hydrogen-bond donors (Lipinski definition) is 8. The topological polar surface area (TPSA) is 233 Å². The lowest BCUT2D eigenvalue weighted by Crippen LogP contribution is -2.60. The number of aliphatic hydroxyl groups is 8. The first-order chi connectivity index (χ1) is 26.5. The first-order valence-corrected chi connectivity index (χ1v) is 20.6. The third kappa shape index (κ3) is 17.1. The second kappa shape index (κ2) is 25.4. The number of rotatable bonds is 24. The summed E-state index contributed by atoms with van der Waals surface area (Å²) in [5, 5.41) is 84.3. The van der Waals surface area contributed by atoms with Crippen LogP contribution in [0, 0.1) is 35.5 Å². The van der Waals surface area contributed by atoms with Gasteiger partial charge in [-0.05, 0) is 68.9 Å². The molecule has 1 heterocycles. The van der Waals surface area contributed by atoms with Gasteiger partial charge in [-0.1, -0.05) is 80.0 Å². The zero-order valence-corrected chi connectivity index (χ0v) is 36.3. The fourth-order valence-corrected chi connectivity index (χ4v) is 7.48. The molecule has 57 heavy (non-hydrogen) atoms. The largest absolute Gasteiger partial charge is 0.463 e. The highest BCUT2D eigenvalue weighted by Crippen LogP contribution is 2.33. The van der Waals surface area contributed by atoms with Crippen molar-refractivity contribution in [2.45, 2.75) is 176 Å². The second-order valence-electron chi connectivity index (χ2n) is 16.8. The Hall–Kier alpha value is -2.24. The highest BCUT2D eigenvalue weighted by Gasteiger charge is 2.46. The van der Waals surface area contributed by atoms with E-state index in [0.29, 0.717) is 23.0 Å². The molecule has 0 radical (unpaired) electrons. The van der Waals surface area contributed by atoms with Crippen molar-refractivity contribution < 1.29 is 69.4 Å². The predicted molar refractivity (Wildman–Crippen MR) is 215 cm³/mol. The van der Waals surface area contributed by atoms with Gasteiger partial charge in [0.1, 0.15) is 49.8 Å². The van der Waals surface area contributed by atoms with Crippen molar-refractivity contribution in [3.05, 3.63) is 34.9 Å². The summed E-state index contributed by atoms with van der Waals surface area (Å²) in [4.78, 5) is 24.0. The molecular formula is C43H76O14. The highest BCUT2D eigenvalue weighted by molar-refractivity contribution is 5.87. The lowest BCUT2D eigenvalue weighted by Gasteiger charge is -2.43. The fourth-order valence-electron chi connectivity index (χ4n) is 7.48. The summed E-state index contributed by atoms with van der Waals surface area (Å²) in [7, 11) is 0. The normalized spacial score (nSPS) is 27.5. The molecule has 0 saturated carbocycles. The van der Waals surface area contributed by atoms with Gasteiger partial charge in [0.25, 0.3) is 0 Å². The van der Waals surface area contributed by atoms with Crippen molar-refractivity contribution in [1.29, 1.82) is 0 Å². The average Bonchev–Trinajstić information content (AvgIpc) is 3.15. The molecule has 0 aromatic heterocycles. The standard InChI is InChI=1S/C43H76O14/c1-13-22(3)15-23(4)16-28(9)41(57-43-40(52)39(51)38(50)34(56-43)21-54-31(12)44)29(10)18-26(7)35(47)24(5)17-25(6)36(48)27(8)19-30(11)42(53)55-20-33(46)37(49)32(45)14-2/h17-19,22-24,27-29,32-41,43,45-52H,13-16,20-21H2,1-12H3/b25-17+,26-18+,30-19+. The molecular weight excluding hydrogens is 740 g/mol. The monoisotopic (exact) mass is 817 g/mol. The van der Waals surface area contributed by atoms with E-state index in [1.54, 1.807) is 33.8 Å². The van der Waals surface area contributed by atoms with Crippen molar-refractivity contribution in [2.75, 3.05) is 13.2 Å². The number of ether oxygens (including phenoxy) is 4. The summed E-state index contributed by atoms with van der Waals surface area (Å²) < 4.78 is 22.5. The fraction of sp³-hybridized carbons (Fsp3) is 0.814. The number of hydrogen-bond acceptors (Lipinski definition) is 14. The Kier molecular flexibility index (Phi) is 23.5. The van der Waals surface area contributed by atoms with Crippen LogP contribution in [0.3, 0.4) is 0 Å². The van der Waals surface area contributed by atoms with E-state index in [-0.39, 0.29) is 30.4 Å². The van der Waals surface area contributed by atoms with Crippen LogP contribution in [0.25, 0.3) is 0 Å². The molecule has 0 bridgehead atoms. The number of carbonyl (C=O) groups excluding carboxylic acids is 2. The van der Waals surface area contributed by atoms with Crippen LogP contribution in [-0.4, -0.2) is 133 Å². The van der Waals surface area contributed by atoms with Gasteiger partial charge in [-0.3, -0.25) is 4.79 Å². The molecule has 14 heteroatoms. The summed E-state index contributed by atoms with van der Waals surface area (Å²) in [5.74, 6) is -1.81. The molecule has 0 spiro atoms. The third-order valence-electron chi connectivity index (χ3n) is 11.2. The number of carbonyl (C=O) groups is 2. The van der Waals surface area contributed by atoms with Crippen LogP contribution in [0.15, 0.2) is 34.9 Å². The zero-order chi connectivity index (χ0) is 43.9. The maximum Gasteiger partial charge on any atom is 0.333 e. The zero-order valence-electron chi connectivity index (χ0n) is 36.3. The molecule has 1 fully saturated rings. The van der Waals surface area contributed by atoms with Crippen LogP contribution in [0.1, 0.15) is 109 Å². The molecule has 17 atom stereocenters. The van der Waals surface area contributed by atoms with Gasteiger partial charge in [0, 0.05) is 30.3 Å². The van der Waals surface area contributed by atoms with Crippen molar-refractivity contribution in [3.63, 3.8) is 0 Å². The molecule has 1 rings (SSSR count). The minimum Gasteiger partial charge on any atom is -0.463 e. The van der Waals surface area contributed by atoms with Crippen LogP contribution in [0.2, 0.25) is 0 Å². The Labute approximate surface area is 340 Å². The Morgan fingerprint density at radius 2 is 1.21 bits per heavy atom. The molecule has 0 aromatic rings. The van der Waals surface area contributed by atoms with Crippen molar-refractivity contribution in [1.82, 2.24) is 0 Å². The summed E-state index contributed by atoms with van der Waals surface area (Å²) in [6.45, 7) is 21.1. The molecule has 0 aromatic carbocycles. The minimum atomic E-state index is -1.61. The molecule has 1 saturated heterocycles. The van der Waals surface area contributed by atoms with Gasteiger partial charge >= 0.3 is 11.9 Å². The number of esters is 2. The van der Waals surface area contributed by atoms with E-state index in [1.807, 2.05) is 26.8 Å². The van der Waals surface area contributed by atoms with Gasteiger partial charge in [0.2, 0.25) is 0 Å². The quantitative estimate of drug-likeness (QED) is 0.0397. The molecule has 1 aliphatic rings. The summed E-state index contributed by atoms with van der Waals surface area (Å²) >= 11 is 0. The molecule has 0 aliphatic carbocycles. The summed E-state index contributed by atoms with van der Waals surface area (Å²) in [6.07, 6.45) is -5.49. The van der Waals surface area contributed by atoms with Gasteiger partial charge in [0.05, 0.1) is 24.4 Å². The van der Waals surface area contributed by atoms with Gasteiger partial charge in [0.15, 0.2) is 6.29 Å². The van der Waals surface area contributed by atoms with E-state index < -0.39 is 97.7 Å². The summed E-state index contributed by atoms with van der Waals surface area (Å²) in [5.41, 5.74) is 1.39. The molecule has 14 nitrogen and oxygen atoms in total. The maximum atomic E-state index is 12.5. The van der Waals surface area contributed by atoms with Gasteiger partial charge in [-0.15, -0.1) is 0 Å². The van der Waals surface area contributed by atoms with E-state index in [1.165, 1.54) is 19.9 Å². The molecule has 0 amide bonds. The van der Waals surface area contributed by atoms with E-state index in [4.69, 9.17) is 18.9 Å². The first-order valence-electron chi connectivity index (χ1n) is 20.6. The van der Waals surface area contributed by atoms with E-state index in [2.05, 4.69) is 20.8 Å². The van der Waals surface area contributed by atoms with Crippen molar-refractivity contribution >= 4 is 11.9 Å². The van der Waals surface area contributed by atoms with E-state index in [0.717, 1.165) is 19.3 Å². The second-order valence-corrected chi connectivity index (χ2v) is 16.8. The maximum absolute atomic E-state index is 12.5. The SMILES string of the molecule is CCC(C)CC(C)CC(C)C(OC1OC(COC(C)=O)C(O)C(O)C1O)C(C)/C=C(\C)C(O)C(C)/C=C(\C)C(O)C(C)/C=C(\C)C(=O)OCC(O)C(O)C(O)CC. The van der Waals surface area contributed by atoms with Crippen LogP contribution < -0.4 is 0 Å². The van der Waals surface area contributed by atoms with Gasteiger partial charge < -0.3 is 59.8 Å². The Bertz CT molecular complexity index is 1300. The molecule has 17 unspecified atom stereocenters. The molecule has 8 N–H and O–H groups in total. The molecule has 332 valence electrons. The van der Waals surface area contributed by atoms with Gasteiger partial charge in [-0.25, -0.2) is 4.79 Å². The van der Waals surface area contributed by atoms with Gasteiger partial charge in [-0.2, -0.15) is 0 Å². The third-order valence-corrected chi connectivity index (χ3v) is 11.2. The number of aliphatic hydroxyl groups excluding tert-OH is 8. The average molecular weight is 817 g/mol. The predicted octanol–water partition coefficient (Wildman–Crippen LogP) is 3.35. The van der Waals surface area contributed by atoms with Crippen molar-refractivity contribution in [2.24, 2.45) is 35.5 Å². The first kappa shape index (κ1) is 52.8. The Morgan fingerprint density at radius 1 is 0.667 bits per heavy atom. The molecule has 1 aliphatic heterocycles. The highest BCUT2D eigenvalue weighted by atomic mass is 16.7. The lowest BCUT2D eigenvalue weighted by molar-refractivity contribution is -0.317. The smallest absolute Gasteiger partial charge is 0.333 e. The van der Waals surface area contributed by atoms with Crippen LogP contribution >= 0.6 is 0 Å². The van der Waals surface area contributed by atoms with Crippen molar-refractivity contribution in [3.8, 4) is 0 Å². The van der Waals surface area contributed by atoms with E-state index >= 15 is 0 Å². The van der Waals surface area contributed by atoms with Crippen LogP contribution in [-0.2, 0) is 28.5 Å². The van der Waals surface area contributed by atoms with Crippen LogP contribution in [0.5, 0.6) is 0 Å². The lowest BCUT2D eigenvalue weighted by atomic mass is 9.82. The Balaban J connectivity index is 3.20.